The molecule has 0 saturated carbocycles. The average molecular weight is 128 g/mol. The average Bonchev–Trinajstić information content (AvgIpc) is 1.82. The summed E-state index contributed by atoms with van der Waals surface area (Å²) in [6.45, 7) is 3.21. The maximum absolute atomic E-state index is 9.94. The van der Waals surface area contributed by atoms with Crippen molar-refractivity contribution in [3.8, 4) is 0 Å². The summed E-state index contributed by atoms with van der Waals surface area (Å²) in [5.41, 5.74) is 0. The maximum Gasteiger partial charge on any atom is 0.358 e. The minimum atomic E-state index is -0.528. The van der Waals surface area contributed by atoms with E-state index < -0.39 is 4.92 Å². The predicted molar refractivity (Wildman–Crippen MR) is 34.9 cm³/mol. The van der Waals surface area contributed by atoms with E-state index >= 15 is 0 Å². The molecule has 0 saturated heterocycles. The lowest BCUT2D eigenvalue weighted by Crippen LogP contribution is -1.94. The molecule has 0 aromatic heterocycles. The van der Waals surface area contributed by atoms with Crippen LogP contribution in [-0.4, -0.2) is 11.1 Å². The van der Waals surface area contributed by atoms with Crippen LogP contribution in [0.25, 0.3) is 0 Å². The van der Waals surface area contributed by atoms with E-state index in [0.29, 0.717) is 0 Å². The van der Waals surface area contributed by atoms with Crippen LogP contribution in [0.4, 0.5) is 0 Å². The van der Waals surface area contributed by atoms with Crippen molar-refractivity contribution >= 4 is 6.21 Å². The van der Waals surface area contributed by atoms with Gasteiger partial charge in [0.25, 0.3) is 0 Å². The summed E-state index contributed by atoms with van der Waals surface area (Å²) in [6, 6.07) is 0. The van der Waals surface area contributed by atoms with Gasteiger partial charge in [0.05, 0.1) is 0 Å². The minimum Gasteiger partial charge on any atom is -0.358 e. The summed E-state index contributed by atoms with van der Waals surface area (Å²) in [4.78, 5) is 12.9. The van der Waals surface area contributed by atoms with Crippen molar-refractivity contribution in [2.75, 3.05) is 0 Å². The van der Waals surface area contributed by atoms with E-state index in [4.69, 9.17) is 0 Å². The first-order chi connectivity index (χ1) is 4.22. The maximum atomic E-state index is 9.94. The van der Waals surface area contributed by atoms with Gasteiger partial charge in [-0.2, -0.15) is 0 Å². The molecule has 0 bridgehead atoms. The van der Waals surface area contributed by atoms with Crippen LogP contribution in [0.5, 0.6) is 0 Å². The summed E-state index contributed by atoms with van der Waals surface area (Å²) < 4.78 is 0. The van der Waals surface area contributed by atoms with Gasteiger partial charge in [-0.15, -0.1) is 0 Å². The van der Waals surface area contributed by atoms with E-state index in [2.05, 4.69) is 4.99 Å². The van der Waals surface area contributed by atoms with Gasteiger partial charge < -0.3 is 10.1 Å². The highest BCUT2D eigenvalue weighted by Gasteiger charge is 2.01. The second-order valence-corrected chi connectivity index (χ2v) is 1.29. The highest BCUT2D eigenvalue weighted by Crippen LogP contribution is 1.94. The van der Waals surface area contributed by atoms with Crippen LogP contribution >= 0.6 is 0 Å². The van der Waals surface area contributed by atoms with Crippen molar-refractivity contribution in [3.63, 3.8) is 0 Å². The molecule has 0 spiro atoms. The molecule has 0 heterocycles. The third-order valence-corrected chi connectivity index (χ3v) is 0.707. The second kappa shape index (κ2) is 3.77. The van der Waals surface area contributed by atoms with Crippen molar-refractivity contribution in [2.45, 2.75) is 13.8 Å². The predicted octanol–water partition coefficient (Wildman–Crippen LogP) is 1.22. The molecule has 0 unspecified atom stereocenters. The lowest BCUT2D eigenvalue weighted by atomic mass is 10.6. The molecule has 0 atom stereocenters. The molecule has 0 amide bonds. The standard InChI is InChI=1S/C5H8N2O2/c1-3-5(6-4-2)7(8)9/h3-4H,1-2H3/b5-3+,6-4-. The Morgan fingerprint density at radius 1 is 1.67 bits per heavy atom. The Morgan fingerprint density at radius 3 is 2.33 bits per heavy atom. The Bertz CT molecular complexity index is 160. The molecule has 0 rings (SSSR count). The normalized spacial score (nSPS) is 12.4. The number of rotatable bonds is 2. The zero-order chi connectivity index (χ0) is 7.28. The van der Waals surface area contributed by atoms with Gasteiger partial charge >= 0.3 is 5.82 Å². The lowest BCUT2D eigenvalue weighted by Gasteiger charge is -1.87. The van der Waals surface area contributed by atoms with E-state index in [1.54, 1.807) is 13.8 Å². The number of aliphatic imine (C=N–C) groups is 1. The number of hydrogen-bond acceptors (Lipinski definition) is 3. The fourth-order valence-electron chi connectivity index (χ4n) is 0.359. The van der Waals surface area contributed by atoms with E-state index in [-0.39, 0.29) is 5.82 Å². The highest BCUT2D eigenvalue weighted by molar-refractivity contribution is 5.54. The van der Waals surface area contributed by atoms with Gasteiger partial charge in [0.1, 0.15) is 6.21 Å². The van der Waals surface area contributed by atoms with Gasteiger partial charge in [0.15, 0.2) is 0 Å². The first-order valence-corrected chi connectivity index (χ1v) is 2.51. The smallest absolute Gasteiger partial charge is 0.358 e. The van der Waals surface area contributed by atoms with Gasteiger partial charge in [-0.05, 0) is 18.8 Å². The van der Waals surface area contributed by atoms with E-state index in [9.17, 15) is 10.1 Å². The molecule has 9 heavy (non-hydrogen) atoms. The number of hydrogen-bond donors (Lipinski definition) is 0. The summed E-state index contributed by atoms with van der Waals surface area (Å²) in [7, 11) is 0. The molecule has 0 N–H and O–H groups in total. The molecule has 0 aromatic rings. The molecule has 0 aliphatic heterocycles. The topological polar surface area (TPSA) is 55.5 Å². The number of nitro groups is 1. The largest absolute Gasteiger partial charge is 0.358 e. The molecule has 0 aromatic carbocycles. The molecule has 4 nitrogen and oxygen atoms in total. The quantitative estimate of drug-likeness (QED) is 0.319. The van der Waals surface area contributed by atoms with Crippen LogP contribution in [0.2, 0.25) is 0 Å². The molecular formula is C5H8N2O2. The SMILES string of the molecule is C/C=N\C(=C/C)[N+](=O)[O-]. The van der Waals surface area contributed by atoms with Crippen LogP contribution in [-0.2, 0) is 0 Å². The third kappa shape index (κ3) is 2.58. The van der Waals surface area contributed by atoms with Crippen molar-refractivity contribution in [2.24, 2.45) is 4.99 Å². The monoisotopic (exact) mass is 128 g/mol. The van der Waals surface area contributed by atoms with E-state index in [0.717, 1.165) is 0 Å². The summed E-state index contributed by atoms with van der Waals surface area (Å²) in [5, 5.41) is 9.94. The van der Waals surface area contributed by atoms with E-state index in [1.165, 1.54) is 12.3 Å². The second-order valence-electron chi connectivity index (χ2n) is 1.29. The van der Waals surface area contributed by atoms with Crippen LogP contribution < -0.4 is 0 Å². The highest BCUT2D eigenvalue weighted by atomic mass is 16.6. The van der Waals surface area contributed by atoms with Crippen molar-refractivity contribution in [3.05, 3.63) is 22.0 Å². The third-order valence-electron chi connectivity index (χ3n) is 0.707. The van der Waals surface area contributed by atoms with Crippen LogP contribution in [0.3, 0.4) is 0 Å². The fraction of sp³-hybridized carbons (Fsp3) is 0.400. The summed E-state index contributed by atoms with van der Waals surface area (Å²) >= 11 is 0. The summed E-state index contributed by atoms with van der Waals surface area (Å²) in [6.07, 6.45) is 2.73. The Labute approximate surface area is 53.1 Å². The molecule has 0 radical (unpaired) electrons. The Balaban J connectivity index is 4.19. The Kier molecular flexibility index (Phi) is 3.27. The molecule has 0 aliphatic carbocycles. The van der Waals surface area contributed by atoms with Gasteiger partial charge in [0.2, 0.25) is 0 Å². The molecular weight excluding hydrogens is 120 g/mol. The first-order valence-electron chi connectivity index (χ1n) is 2.51. The fourth-order valence-corrected chi connectivity index (χ4v) is 0.359. The zero-order valence-corrected chi connectivity index (χ0v) is 5.37. The zero-order valence-electron chi connectivity index (χ0n) is 5.37. The molecule has 50 valence electrons. The van der Waals surface area contributed by atoms with E-state index in [1.807, 2.05) is 0 Å². The lowest BCUT2D eigenvalue weighted by molar-refractivity contribution is -0.426. The van der Waals surface area contributed by atoms with Crippen LogP contribution in [0, 0.1) is 10.1 Å². The molecule has 0 aliphatic rings. The first kappa shape index (κ1) is 7.81. The Hall–Kier alpha value is -1.19. The van der Waals surface area contributed by atoms with Crippen LogP contribution in [0.1, 0.15) is 13.8 Å². The summed E-state index contributed by atoms with van der Waals surface area (Å²) in [5.74, 6) is -0.113. The van der Waals surface area contributed by atoms with Crippen molar-refractivity contribution < 1.29 is 4.92 Å². The minimum absolute atomic E-state index is 0.113. The van der Waals surface area contributed by atoms with Gasteiger partial charge in [-0.25, -0.2) is 0 Å². The van der Waals surface area contributed by atoms with Gasteiger partial charge in [0, 0.05) is 6.08 Å². The molecule has 4 heteroatoms. The number of allylic oxidation sites excluding steroid dienone is 1. The number of nitrogens with zero attached hydrogens (tertiary/aromatic N) is 2. The Morgan fingerprint density at radius 2 is 2.22 bits per heavy atom. The molecule has 0 fully saturated rings. The van der Waals surface area contributed by atoms with Crippen molar-refractivity contribution in [1.29, 1.82) is 0 Å². The van der Waals surface area contributed by atoms with Gasteiger partial charge in [-0.1, -0.05) is 4.99 Å². The van der Waals surface area contributed by atoms with Crippen molar-refractivity contribution in [1.82, 2.24) is 0 Å². The van der Waals surface area contributed by atoms with Crippen LogP contribution in [0.15, 0.2) is 16.9 Å². The van der Waals surface area contributed by atoms with Gasteiger partial charge in [-0.3, -0.25) is 0 Å².